The van der Waals surface area contributed by atoms with Crippen molar-refractivity contribution in [3.63, 3.8) is 0 Å². The summed E-state index contributed by atoms with van der Waals surface area (Å²) in [5.74, 6) is 1.29. The molecule has 2 heterocycles. The van der Waals surface area contributed by atoms with Crippen molar-refractivity contribution in [2.24, 2.45) is 0 Å². The van der Waals surface area contributed by atoms with Crippen molar-refractivity contribution in [1.82, 2.24) is 5.32 Å². The minimum atomic E-state index is 0.782. The first-order chi connectivity index (χ1) is 5.95. The molecule has 3 heteroatoms. The summed E-state index contributed by atoms with van der Waals surface area (Å²) >= 11 is 2.08. The van der Waals surface area contributed by atoms with Gasteiger partial charge in [-0.2, -0.15) is 11.8 Å². The van der Waals surface area contributed by atoms with Gasteiger partial charge in [0.15, 0.2) is 0 Å². The molecule has 70 valence electrons. The van der Waals surface area contributed by atoms with Gasteiger partial charge in [0.1, 0.15) is 0 Å². The van der Waals surface area contributed by atoms with Gasteiger partial charge >= 0.3 is 0 Å². The molecule has 12 heavy (non-hydrogen) atoms. The van der Waals surface area contributed by atoms with Crippen molar-refractivity contribution in [1.29, 1.82) is 0 Å². The topological polar surface area (TPSA) is 21.3 Å². The van der Waals surface area contributed by atoms with Crippen LogP contribution in [0, 0.1) is 0 Å². The molecule has 1 unspecified atom stereocenters. The molecule has 2 aliphatic heterocycles. The lowest BCUT2D eigenvalue weighted by Crippen LogP contribution is -2.38. The van der Waals surface area contributed by atoms with Gasteiger partial charge in [-0.15, -0.1) is 0 Å². The fourth-order valence-electron chi connectivity index (χ4n) is 1.63. The maximum atomic E-state index is 5.13. The fourth-order valence-corrected chi connectivity index (χ4v) is 2.80. The van der Waals surface area contributed by atoms with E-state index in [-0.39, 0.29) is 0 Å². The van der Waals surface area contributed by atoms with Crippen molar-refractivity contribution >= 4 is 11.8 Å². The number of ether oxygens (including phenoxy) is 1. The number of rotatable bonds is 3. The molecule has 0 aromatic carbocycles. The predicted octanol–water partition coefficient (Wildman–Crippen LogP) is 1.26. The molecule has 0 aromatic rings. The summed E-state index contributed by atoms with van der Waals surface area (Å²) in [5.41, 5.74) is 0. The van der Waals surface area contributed by atoms with Gasteiger partial charge in [-0.1, -0.05) is 6.42 Å². The zero-order valence-corrected chi connectivity index (χ0v) is 8.24. The van der Waals surface area contributed by atoms with Crippen molar-refractivity contribution < 1.29 is 4.74 Å². The summed E-state index contributed by atoms with van der Waals surface area (Å²) in [6, 6.07) is 0.782. The molecule has 0 aliphatic carbocycles. The van der Waals surface area contributed by atoms with Crippen molar-refractivity contribution in [3.05, 3.63) is 0 Å². The molecule has 0 saturated carbocycles. The third kappa shape index (κ3) is 2.38. The van der Waals surface area contributed by atoms with Crippen LogP contribution in [-0.2, 0) is 4.74 Å². The molecule has 2 nitrogen and oxygen atoms in total. The van der Waals surface area contributed by atoms with Gasteiger partial charge in [-0.25, -0.2) is 0 Å². The molecule has 0 radical (unpaired) electrons. The van der Waals surface area contributed by atoms with Gasteiger partial charge in [0.2, 0.25) is 0 Å². The molecular formula is C9H17NOS. The van der Waals surface area contributed by atoms with E-state index in [9.17, 15) is 0 Å². The van der Waals surface area contributed by atoms with Crippen molar-refractivity contribution in [3.8, 4) is 0 Å². The van der Waals surface area contributed by atoms with Crippen LogP contribution in [0.15, 0.2) is 0 Å². The van der Waals surface area contributed by atoms with Crippen molar-refractivity contribution in [2.75, 3.05) is 25.5 Å². The van der Waals surface area contributed by atoms with E-state index < -0.39 is 0 Å². The molecular weight excluding hydrogens is 170 g/mol. The first kappa shape index (κ1) is 8.85. The number of piperidine rings is 1. The number of nitrogens with one attached hydrogen (secondary N) is 1. The third-order valence-electron chi connectivity index (χ3n) is 2.55. The normalized spacial score (nSPS) is 31.5. The monoisotopic (exact) mass is 187 g/mol. The number of hydrogen-bond acceptors (Lipinski definition) is 3. The van der Waals surface area contributed by atoms with E-state index in [1.807, 2.05) is 0 Å². The molecule has 1 atom stereocenters. The molecule has 1 N–H and O–H groups in total. The Labute approximate surface area is 78.4 Å². The lowest BCUT2D eigenvalue weighted by atomic mass is 10.1. The summed E-state index contributed by atoms with van der Waals surface area (Å²) < 4.78 is 5.13. The summed E-state index contributed by atoms with van der Waals surface area (Å²) in [6.07, 6.45) is 4.16. The van der Waals surface area contributed by atoms with Crippen LogP contribution >= 0.6 is 11.8 Å². The Morgan fingerprint density at radius 1 is 1.33 bits per heavy atom. The molecule has 2 aliphatic rings. The zero-order valence-electron chi connectivity index (χ0n) is 7.42. The highest BCUT2D eigenvalue weighted by Gasteiger charge is 2.21. The van der Waals surface area contributed by atoms with Gasteiger partial charge < -0.3 is 10.1 Å². The summed E-state index contributed by atoms with van der Waals surface area (Å²) in [7, 11) is 0. The van der Waals surface area contributed by atoms with Crippen LogP contribution in [0.1, 0.15) is 19.3 Å². The van der Waals surface area contributed by atoms with E-state index in [0.717, 1.165) is 24.5 Å². The molecule has 2 fully saturated rings. The quantitative estimate of drug-likeness (QED) is 0.719. The second kappa shape index (κ2) is 4.49. The SMILES string of the molecule is C1CCC(CSC2COC2)NC1. The van der Waals surface area contributed by atoms with Crippen molar-refractivity contribution in [2.45, 2.75) is 30.6 Å². The van der Waals surface area contributed by atoms with Crippen LogP contribution in [0.25, 0.3) is 0 Å². The van der Waals surface area contributed by atoms with Crippen LogP contribution in [0.5, 0.6) is 0 Å². The first-order valence-corrected chi connectivity index (χ1v) is 5.93. The largest absolute Gasteiger partial charge is 0.379 e. The predicted molar refractivity (Wildman–Crippen MR) is 52.7 cm³/mol. The summed E-state index contributed by atoms with van der Waals surface area (Å²) in [6.45, 7) is 3.20. The molecule has 0 spiro atoms. The Balaban J connectivity index is 1.58. The maximum Gasteiger partial charge on any atom is 0.0607 e. The smallest absolute Gasteiger partial charge is 0.0607 e. The highest BCUT2D eigenvalue weighted by atomic mass is 32.2. The molecule has 0 bridgehead atoms. The Morgan fingerprint density at radius 2 is 2.25 bits per heavy atom. The van der Waals surface area contributed by atoms with Crippen LogP contribution < -0.4 is 5.32 Å². The zero-order chi connectivity index (χ0) is 8.23. The van der Waals surface area contributed by atoms with Gasteiger partial charge in [0, 0.05) is 11.8 Å². The Morgan fingerprint density at radius 3 is 2.83 bits per heavy atom. The molecule has 2 rings (SSSR count). The third-order valence-corrected chi connectivity index (χ3v) is 3.89. The van der Waals surface area contributed by atoms with Gasteiger partial charge in [-0.3, -0.25) is 0 Å². The van der Waals surface area contributed by atoms with E-state index in [0.29, 0.717) is 0 Å². The summed E-state index contributed by atoms with van der Waals surface area (Å²) in [5, 5.41) is 4.36. The first-order valence-electron chi connectivity index (χ1n) is 4.88. The van der Waals surface area contributed by atoms with Gasteiger partial charge in [-0.05, 0) is 19.4 Å². The van der Waals surface area contributed by atoms with Crippen LogP contribution in [-0.4, -0.2) is 36.8 Å². The molecule has 0 amide bonds. The van der Waals surface area contributed by atoms with Crippen LogP contribution in [0.4, 0.5) is 0 Å². The Kier molecular flexibility index (Phi) is 3.31. The van der Waals surface area contributed by atoms with E-state index in [2.05, 4.69) is 17.1 Å². The van der Waals surface area contributed by atoms with Crippen LogP contribution in [0.3, 0.4) is 0 Å². The van der Waals surface area contributed by atoms with Gasteiger partial charge in [0.25, 0.3) is 0 Å². The average molecular weight is 187 g/mol. The number of hydrogen-bond donors (Lipinski definition) is 1. The van der Waals surface area contributed by atoms with E-state index in [1.165, 1.54) is 31.6 Å². The highest BCUT2D eigenvalue weighted by Crippen LogP contribution is 2.21. The average Bonchev–Trinajstić information content (AvgIpc) is 2.04. The summed E-state index contributed by atoms with van der Waals surface area (Å²) in [4.78, 5) is 0. The Hall–Kier alpha value is 0.270. The lowest BCUT2D eigenvalue weighted by Gasteiger charge is -2.29. The maximum absolute atomic E-state index is 5.13. The second-order valence-corrected chi connectivity index (χ2v) is 4.97. The Bertz CT molecular complexity index is 132. The van der Waals surface area contributed by atoms with E-state index >= 15 is 0 Å². The standard InChI is InChI=1S/C9H17NOS/c1-2-4-10-8(3-1)7-12-9-5-11-6-9/h8-10H,1-7H2. The lowest BCUT2D eigenvalue weighted by molar-refractivity contribution is 0.0454. The van der Waals surface area contributed by atoms with Crippen LogP contribution in [0.2, 0.25) is 0 Å². The minimum Gasteiger partial charge on any atom is -0.379 e. The minimum absolute atomic E-state index is 0.782. The van der Waals surface area contributed by atoms with E-state index in [4.69, 9.17) is 4.74 Å². The number of thioether (sulfide) groups is 1. The van der Waals surface area contributed by atoms with Gasteiger partial charge in [0.05, 0.1) is 18.5 Å². The van der Waals surface area contributed by atoms with E-state index in [1.54, 1.807) is 0 Å². The molecule has 0 aromatic heterocycles. The highest BCUT2D eigenvalue weighted by molar-refractivity contribution is 8.00. The molecule has 2 saturated heterocycles. The fraction of sp³-hybridized carbons (Fsp3) is 1.00. The second-order valence-electron chi connectivity index (χ2n) is 3.64.